The highest BCUT2D eigenvalue weighted by atomic mass is 16.5. The Hall–Kier alpha value is -1.88. The molecule has 0 saturated heterocycles. The first kappa shape index (κ1) is 19.2. The van der Waals surface area contributed by atoms with Crippen LogP contribution in [0.1, 0.15) is 25.3 Å². The quantitative estimate of drug-likeness (QED) is 0.612. The van der Waals surface area contributed by atoms with Gasteiger partial charge in [-0.15, -0.1) is 0 Å². The molecule has 0 amide bonds. The number of phenols is 1. The fourth-order valence-electron chi connectivity index (χ4n) is 2.34. The minimum absolute atomic E-state index is 0.151. The summed E-state index contributed by atoms with van der Waals surface area (Å²) in [7, 11) is 1.56. The summed E-state index contributed by atoms with van der Waals surface area (Å²) in [6.07, 6.45) is 3.93. The minimum atomic E-state index is -0.711. The van der Waals surface area contributed by atoms with E-state index in [0.29, 0.717) is 30.6 Å². The van der Waals surface area contributed by atoms with Gasteiger partial charge in [0.25, 0.3) is 0 Å². The molecule has 0 aromatic heterocycles. The molecule has 0 fully saturated rings. The van der Waals surface area contributed by atoms with E-state index in [1.807, 2.05) is 25.1 Å². The van der Waals surface area contributed by atoms with Crippen LogP contribution in [0.3, 0.4) is 0 Å². The van der Waals surface area contributed by atoms with Gasteiger partial charge in [0, 0.05) is 12.7 Å². The number of hydrogen-bond donors (Lipinski definition) is 3. The highest BCUT2D eigenvalue weighted by molar-refractivity contribution is 5.58. The average molecular weight is 318 g/mol. The maximum atomic E-state index is 10.3. The summed E-state index contributed by atoms with van der Waals surface area (Å²) in [6, 6.07) is 7.13. The van der Waals surface area contributed by atoms with Crippen molar-refractivity contribution in [3.05, 3.63) is 59.2 Å². The standard InChI is InChI=1S/C19H26O4/c1-14(12-16-6-4-5-7-18(16)21)8-9-19(22)17(10-11-20)15(2)13-23-3/h4-7,10,12,19-22H,2,8-9,11,13H2,1,3H3/b14-12+,17-10-. The van der Waals surface area contributed by atoms with Gasteiger partial charge >= 0.3 is 0 Å². The van der Waals surface area contributed by atoms with E-state index >= 15 is 0 Å². The second-order valence-electron chi connectivity index (χ2n) is 5.48. The van der Waals surface area contributed by atoms with Crippen molar-refractivity contribution in [3.63, 3.8) is 0 Å². The summed E-state index contributed by atoms with van der Waals surface area (Å²) in [5, 5.41) is 29.2. The zero-order valence-electron chi connectivity index (χ0n) is 13.8. The average Bonchev–Trinajstić information content (AvgIpc) is 2.52. The van der Waals surface area contributed by atoms with Crippen LogP contribution in [0.15, 0.2) is 53.6 Å². The largest absolute Gasteiger partial charge is 0.507 e. The molecular formula is C19H26O4. The summed E-state index contributed by atoms with van der Waals surface area (Å²) < 4.78 is 5.03. The lowest BCUT2D eigenvalue weighted by Gasteiger charge is -2.17. The summed E-state index contributed by atoms with van der Waals surface area (Å²) in [5.41, 5.74) is 3.08. The molecule has 4 heteroatoms. The van der Waals surface area contributed by atoms with Crippen molar-refractivity contribution in [2.45, 2.75) is 25.9 Å². The lowest BCUT2D eigenvalue weighted by molar-refractivity contribution is 0.190. The van der Waals surface area contributed by atoms with E-state index in [1.54, 1.807) is 25.3 Å². The van der Waals surface area contributed by atoms with Crippen LogP contribution in [0.4, 0.5) is 0 Å². The SMILES string of the molecule is C=C(COC)/C(=C/CO)C(O)CC/C(C)=C/c1ccccc1O. The molecule has 0 radical (unpaired) electrons. The molecule has 4 nitrogen and oxygen atoms in total. The smallest absolute Gasteiger partial charge is 0.122 e. The van der Waals surface area contributed by atoms with Crippen molar-refractivity contribution in [1.29, 1.82) is 0 Å². The first-order chi connectivity index (χ1) is 11.0. The van der Waals surface area contributed by atoms with E-state index in [9.17, 15) is 10.2 Å². The molecule has 126 valence electrons. The molecule has 1 atom stereocenters. The zero-order valence-corrected chi connectivity index (χ0v) is 13.8. The second kappa shape index (κ2) is 10.0. The number of aromatic hydroxyl groups is 1. The van der Waals surface area contributed by atoms with Gasteiger partial charge in [-0.1, -0.05) is 42.5 Å². The van der Waals surface area contributed by atoms with Crippen LogP contribution in [-0.4, -0.2) is 41.7 Å². The molecule has 1 unspecified atom stereocenters. The number of para-hydroxylation sites is 1. The molecule has 0 bridgehead atoms. The van der Waals surface area contributed by atoms with Crippen molar-refractivity contribution in [2.24, 2.45) is 0 Å². The summed E-state index contributed by atoms with van der Waals surface area (Å²) in [4.78, 5) is 0. The number of benzene rings is 1. The maximum Gasteiger partial charge on any atom is 0.122 e. The Morgan fingerprint density at radius 1 is 1.35 bits per heavy atom. The predicted molar refractivity (Wildman–Crippen MR) is 93.2 cm³/mol. The number of hydrogen-bond acceptors (Lipinski definition) is 4. The second-order valence-corrected chi connectivity index (χ2v) is 5.48. The Labute approximate surface area is 138 Å². The Morgan fingerprint density at radius 3 is 2.65 bits per heavy atom. The number of rotatable bonds is 9. The van der Waals surface area contributed by atoms with Gasteiger partial charge in [0.1, 0.15) is 5.75 Å². The third-order valence-corrected chi connectivity index (χ3v) is 3.55. The van der Waals surface area contributed by atoms with Gasteiger partial charge in [0.15, 0.2) is 0 Å². The Balaban J connectivity index is 2.70. The number of allylic oxidation sites excluding steroid dienone is 1. The minimum Gasteiger partial charge on any atom is -0.507 e. The number of phenolic OH excluding ortho intramolecular Hbond substituents is 1. The van der Waals surface area contributed by atoms with Crippen LogP contribution in [0, 0.1) is 0 Å². The normalized spacial score (nSPS) is 13.9. The molecule has 0 aliphatic rings. The first-order valence-electron chi connectivity index (χ1n) is 7.60. The molecule has 0 saturated carbocycles. The third-order valence-electron chi connectivity index (χ3n) is 3.55. The van der Waals surface area contributed by atoms with Gasteiger partial charge in [-0.2, -0.15) is 0 Å². The van der Waals surface area contributed by atoms with Gasteiger partial charge in [0.05, 0.1) is 19.3 Å². The van der Waals surface area contributed by atoms with Crippen LogP contribution < -0.4 is 0 Å². The highest BCUT2D eigenvalue weighted by Gasteiger charge is 2.14. The van der Waals surface area contributed by atoms with E-state index in [4.69, 9.17) is 9.84 Å². The molecule has 3 N–H and O–H groups in total. The molecule has 0 aliphatic heterocycles. The van der Waals surface area contributed by atoms with Crippen LogP contribution in [0.5, 0.6) is 5.75 Å². The van der Waals surface area contributed by atoms with E-state index in [1.165, 1.54) is 0 Å². The van der Waals surface area contributed by atoms with Gasteiger partial charge < -0.3 is 20.1 Å². The number of ether oxygens (including phenoxy) is 1. The number of aliphatic hydroxyl groups excluding tert-OH is 2. The third kappa shape index (κ3) is 6.40. The highest BCUT2D eigenvalue weighted by Crippen LogP contribution is 2.23. The Morgan fingerprint density at radius 2 is 2.04 bits per heavy atom. The predicted octanol–water partition coefficient (Wildman–Crippen LogP) is 3.06. The monoisotopic (exact) mass is 318 g/mol. The lowest BCUT2D eigenvalue weighted by Crippen LogP contribution is -2.15. The fraction of sp³-hybridized carbons (Fsp3) is 0.368. The molecule has 1 aromatic carbocycles. The van der Waals surface area contributed by atoms with Gasteiger partial charge in [-0.3, -0.25) is 0 Å². The van der Waals surface area contributed by atoms with E-state index in [-0.39, 0.29) is 12.4 Å². The van der Waals surface area contributed by atoms with Gasteiger partial charge in [-0.25, -0.2) is 0 Å². The first-order valence-corrected chi connectivity index (χ1v) is 7.60. The van der Waals surface area contributed by atoms with Crippen molar-refractivity contribution >= 4 is 6.08 Å². The topological polar surface area (TPSA) is 69.9 Å². The molecule has 0 spiro atoms. The fourth-order valence-corrected chi connectivity index (χ4v) is 2.34. The molecule has 23 heavy (non-hydrogen) atoms. The summed E-state index contributed by atoms with van der Waals surface area (Å²) in [6.45, 7) is 6.00. The lowest BCUT2D eigenvalue weighted by atomic mass is 9.96. The molecule has 0 heterocycles. The molecule has 1 rings (SSSR count). The molecular weight excluding hydrogens is 292 g/mol. The van der Waals surface area contributed by atoms with Crippen LogP contribution in [0.25, 0.3) is 6.08 Å². The van der Waals surface area contributed by atoms with Crippen molar-refractivity contribution in [3.8, 4) is 5.75 Å². The van der Waals surface area contributed by atoms with E-state index in [0.717, 1.165) is 11.1 Å². The van der Waals surface area contributed by atoms with Crippen molar-refractivity contribution in [2.75, 3.05) is 20.3 Å². The van der Waals surface area contributed by atoms with Crippen LogP contribution >= 0.6 is 0 Å². The van der Waals surface area contributed by atoms with Gasteiger partial charge in [-0.05, 0) is 37.0 Å². The maximum absolute atomic E-state index is 10.3. The van der Waals surface area contributed by atoms with Crippen molar-refractivity contribution < 1.29 is 20.1 Å². The summed E-state index contributed by atoms with van der Waals surface area (Å²) in [5.74, 6) is 0.238. The van der Waals surface area contributed by atoms with E-state index < -0.39 is 6.10 Å². The molecule has 0 aliphatic carbocycles. The summed E-state index contributed by atoms with van der Waals surface area (Å²) >= 11 is 0. The molecule has 1 aromatic rings. The van der Waals surface area contributed by atoms with Crippen LogP contribution in [0.2, 0.25) is 0 Å². The number of aliphatic hydroxyl groups is 2. The zero-order chi connectivity index (χ0) is 17.2. The van der Waals surface area contributed by atoms with Crippen LogP contribution in [-0.2, 0) is 4.74 Å². The Kier molecular flexibility index (Phi) is 8.33. The van der Waals surface area contributed by atoms with E-state index in [2.05, 4.69) is 6.58 Å². The Bertz CT molecular complexity index is 572. The van der Waals surface area contributed by atoms with Gasteiger partial charge in [0.2, 0.25) is 0 Å². The number of methoxy groups -OCH3 is 1. The van der Waals surface area contributed by atoms with Crippen molar-refractivity contribution in [1.82, 2.24) is 0 Å².